The first kappa shape index (κ1) is 18.1. The average Bonchev–Trinajstić information content (AvgIpc) is 2.56. The van der Waals surface area contributed by atoms with Gasteiger partial charge in [-0.2, -0.15) is 0 Å². The molecule has 7 nitrogen and oxygen atoms in total. The van der Waals surface area contributed by atoms with Crippen LogP contribution in [-0.4, -0.2) is 36.1 Å². The molecule has 1 fully saturated rings. The van der Waals surface area contributed by atoms with Crippen LogP contribution in [0.2, 0.25) is 5.02 Å². The minimum absolute atomic E-state index is 0.0497. The van der Waals surface area contributed by atoms with E-state index in [0.717, 1.165) is 0 Å². The largest absolute Gasteiger partial charge is 0.481 e. The molecule has 0 aromatic heterocycles. The molecule has 130 valence electrons. The third kappa shape index (κ3) is 4.61. The van der Waals surface area contributed by atoms with Crippen LogP contribution in [-0.2, 0) is 4.79 Å². The van der Waals surface area contributed by atoms with Crippen molar-refractivity contribution >= 4 is 35.2 Å². The lowest BCUT2D eigenvalue weighted by Gasteiger charge is -2.26. The molecule has 4 N–H and O–H groups in total. The van der Waals surface area contributed by atoms with E-state index in [-0.39, 0.29) is 29.5 Å². The molecule has 8 heteroatoms. The lowest BCUT2D eigenvalue weighted by molar-refractivity contribution is -0.142. The topological polar surface area (TPSA) is 108 Å². The van der Waals surface area contributed by atoms with Crippen molar-refractivity contribution in [2.24, 2.45) is 5.92 Å². The summed E-state index contributed by atoms with van der Waals surface area (Å²) in [5.74, 6) is -1.44. The third-order valence-electron chi connectivity index (χ3n) is 4.11. The number of benzene rings is 1. The molecule has 0 aliphatic heterocycles. The summed E-state index contributed by atoms with van der Waals surface area (Å²) in [5, 5.41) is 17.2. The van der Waals surface area contributed by atoms with Crippen molar-refractivity contribution in [3.63, 3.8) is 0 Å². The van der Waals surface area contributed by atoms with E-state index in [1.165, 1.54) is 13.1 Å². The molecule has 0 atom stereocenters. The van der Waals surface area contributed by atoms with Gasteiger partial charge in [0.1, 0.15) is 0 Å². The Bertz CT molecular complexity index is 642. The monoisotopic (exact) mass is 353 g/mol. The second-order valence-corrected chi connectivity index (χ2v) is 6.17. The summed E-state index contributed by atoms with van der Waals surface area (Å²) in [7, 11) is 1.50. The number of urea groups is 1. The highest BCUT2D eigenvalue weighted by Gasteiger charge is 2.26. The summed E-state index contributed by atoms with van der Waals surface area (Å²) in [5.41, 5.74) is 0.730. The van der Waals surface area contributed by atoms with Crippen molar-refractivity contribution in [3.05, 3.63) is 28.8 Å². The second kappa shape index (κ2) is 8.01. The lowest BCUT2D eigenvalue weighted by Crippen LogP contribution is -2.41. The number of hydrogen-bond donors (Lipinski definition) is 4. The van der Waals surface area contributed by atoms with Crippen molar-refractivity contribution in [1.29, 1.82) is 0 Å². The molecule has 3 amide bonds. The predicted molar refractivity (Wildman–Crippen MR) is 90.4 cm³/mol. The minimum atomic E-state index is -0.777. The van der Waals surface area contributed by atoms with Crippen LogP contribution in [0.3, 0.4) is 0 Å². The van der Waals surface area contributed by atoms with Gasteiger partial charge in [-0.15, -0.1) is 0 Å². The second-order valence-electron chi connectivity index (χ2n) is 5.76. The Kier molecular flexibility index (Phi) is 6.03. The fourth-order valence-electron chi connectivity index (χ4n) is 2.75. The molecule has 0 radical (unpaired) electrons. The summed E-state index contributed by atoms with van der Waals surface area (Å²) in [4.78, 5) is 34.7. The summed E-state index contributed by atoms with van der Waals surface area (Å²) in [6.45, 7) is 0. The number of rotatable bonds is 4. The van der Waals surface area contributed by atoms with E-state index in [2.05, 4.69) is 16.0 Å². The van der Waals surface area contributed by atoms with Gasteiger partial charge >= 0.3 is 12.0 Å². The van der Waals surface area contributed by atoms with Crippen molar-refractivity contribution in [1.82, 2.24) is 10.6 Å². The molecule has 24 heavy (non-hydrogen) atoms. The van der Waals surface area contributed by atoms with E-state index in [0.29, 0.717) is 36.4 Å². The quantitative estimate of drug-likeness (QED) is 0.666. The fourth-order valence-corrected chi connectivity index (χ4v) is 2.95. The van der Waals surface area contributed by atoms with E-state index >= 15 is 0 Å². The third-order valence-corrected chi connectivity index (χ3v) is 4.44. The van der Waals surface area contributed by atoms with Gasteiger partial charge < -0.3 is 21.1 Å². The number of amides is 3. The Morgan fingerprint density at radius 2 is 1.83 bits per heavy atom. The van der Waals surface area contributed by atoms with Crippen molar-refractivity contribution in [2.45, 2.75) is 31.7 Å². The number of anilines is 1. The number of carbonyl (C=O) groups is 3. The van der Waals surface area contributed by atoms with Gasteiger partial charge in [0.05, 0.1) is 16.5 Å². The molecule has 0 spiro atoms. The standard InChI is InChI=1S/C16H20ClN3O4/c1-18-14(21)12-8-11(6-7-13(12)17)20-16(24)19-10-4-2-9(3-5-10)15(22)23/h6-10H,2-5H2,1H3,(H,18,21)(H,22,23)(H2,19,20,24). The van der Waals surface area contributed by atoms with E-state index < -0.39 is 5.97 Å². The molecular formula is C16H20ClN3O4. The SMILES string of the molecule is CNC(=O)c1cc(NC(=O)NC2CCC(C(=O)O)CC2)ccc1Cl. The smallest absolute Gasteiger partial charge is 0.319 e. The summed E-state index contributed by atoms with van der Waals surface area (Å²) < 4.78 is 0. The van der Waals surface area contributed by atoms with Crippen LogP contribution in [0.5, 0.6) is 0 Å². The van der Waals surface area contributed by atoms with Gasteiger partial charge in [0.2, 0.25) is 0 Å². The maximum absolute atomic E-state index is 12.1. The van der Waals surface area contributed by atoms with Gasteiger partial charge in [0.25, 0.3) is 5.91 Å². The highest BCUT2D eigenvalue weighted by molar-refractivity contribution is 6.34. The zero-order chi connectivity index (χ0) is 17.7. The van der Waals surface area contributed by atoms with Crippen molar-refractivity contribution < 1.29 is 19.5 Å². The Balaban J connectivity index is 1.91. The van der Waals surface area contributed by atoms with E-state index in [9.17, 15) is 14.4 Å². The van der Waals surface area contributed by atoms with Gasteiger partial charge in [-0.25, -0.2) is 4.79 Å². The van der Waals surface area contributed by atoms with Crippen LogP contribution in [0, 0.1) is 5.92 Å². The van der Waals surface area contributed by atoms with Gasteiger partial charge in [-0.05, 0) is 43.9 Å². The van der Waals surface area contributed by atoms with Crippen molar-refractivity contribution in [2.75, 3.05) is 12.4 Å². The molecule has 0 bridgehead atoms. The van der Waals surface area contributed by atoms with Crippen LogP contribution in [0.25, 0.3) is 0 Å². The zero-order valence-electron chi connectivity index (χ0n) is 13.3. The maximum Gasteiger partial charge on any atom is 0.319 e. The Labute approximate surface area is 144 Å². The van der Waals surface area contributed by atoms with Crippen molar-refractivity contribution in [3.8, 4) is 0 Å². The lowest BCUT2D eigenvalue weighted by atomic mass is 9.86. The van der Waals surface area contributed by atoms with Crippen LogP contribution in [0.15, 0.2) is 18.2 Å². The molecule has 1 aromatic carbocycles. The Hall–Kier alpha value is -2.28. The molecular weight excluding hydrogens is 334 g/mol. The first-order valence-corrected chi connectivity index (χ1v) is 8.10. The predicted octanol–water partition coefficient (Wildman–Crippen LogP) is 2.46. The molecule has 2 rings (SSSR count). The molecule has 1 aliphatic rings. The van der Waals surface area contributed by atoms with Gasteiger partial charge in [-0.3, -0.25) is 9.59 Å². The molecule has 1 aromatic rings. The molecule has 1 aliphatic carbocycles. The maximum atomic E-state index is 12.1. The summed E-state index contributed by atoms with van der Waals surface area (Å²) in [6.07, 6.45) is 2.38. The van der Waals surface area contributed by atoms with Crippen LogP contribution in [0.4, 0.5) is 10.5 Å². The van der Waals surface area contributed by atoms with Crippen LogP contribution >= 0.6 is 11.6 Å². The number of carbonyl (C=O) groups excluding carboxylic acids is 2. The minimum Gasteiger partial charge on any atom is -0.481 e. The van der Waals surface area contributed by atoms with Crippen LogP contribution < -0.4 is 16.0 Å². The molecule has 0 unspecified atom stereocenters. The first-order valence-electron chi connectivity index (χ1n) is 7.72. The van der Waals surface area contributed by atoms with E-state index in [4.69, 9.17) is 16.7 Å². The highest BCUT2D eigenvalue weighted by atomic mass is 35.5. The van der Waals surface area contributed by atoms with Gasteiger partial charge in [-0.1, -0.05) is 11.6 Å². The summed E-state index contributed by atoms with van der Waals surface area (Å²) >= 11 is 5.96. The van der Waals surface area contributed by atoms with Gasteiger partial charge in [0, 0.05) is 18.8 Å². The van der Waals surface area contributed by atoms with Crippen LogP contribution in [0.1, 0.15) is 36.0 Å². The Morgan fingerprint density at radius 1 is 1.17 bits per heavy atom. The van der Waals surface area contributed by atoms with E-state index in [1.54, 1.807) is 12.1 Å². The number of carboxylic acids is 1. The highest BCUT2D eigenvalue weighted by Crippen LogP contribution is 2.25. The van der Waals surface area contributed by atoms with E-state index in [1.807, 2.05) is 0 Å². The number of carboxylic acid groups (broad SMARTS) is 1. The Morgan fingerprint density at radius 3 is 2.42 bits per heavy atom. The normalized spacial score (nSPS) is 20.1. The zero-order valence-corrected chi connectivity index (χ0v) is 14.0. The number of aliphatic carboxylic acids is 1. The fraction of sp³-hybridized carbons (Fsp3) is 0.438. The average molecular weight is 354 g/mol. The number of halogens is 1. The number of nitrogens with one attached hydrogen (secondary N) is 3. The molecule has 1 saturated carbocycles. The molecule has 0 heterocycles. The number of hydrogen-bond acceptors (Lipinski definition) is 3. The first-order chi connectivity index (χ1) is 11.4. The molecule has 0 saturated heterocycles. The summed E-state index contributed by atoms with van der Waals surface area (Å²) in [6, 6.07) is 4.21. The van der Waals surface area contributed by atoms with Gasteiger partial charge in [0.15, 0.2) is 0 Å².